The maximum atomic E-state index is 12.2. The average molecular weight is 255 g/mol. The zero-order valence-electron chi connectivity index (χ0n) is 11.5. The zero-order valence-corrected chi connectivity index (χ0v) is 11.5. The number of amides is 1. The molecule has 0 aliphatic carbocycles. The minimum absolute atomic E-state index is 0.0727. The second-order valence-electron chi connectivity index (χ2n) is 5.40. The average Bonchev–Trinajstić information content (AvgIpc) is 2.41. The summed E-state index contributed by atoms with van der Waals surface area (Å²) in [4.78, 5) is 16.5. The monoisotopic (exact) mass is 255 g/mol. The van der Waals surface area contributed by atoms with E-state index in [1.165, 1.54) is 0 Å². The number of carbonyl (C=O) groups excluding carboxylic acids is 1. The fourth-order valence-corrected chi connectivity index (χ4v) is 2.66. The summed E-state index contributed by atoms with van der Waals surface area (Å²) < 4.78 is 5.27. The Labute approximate surface area is 109 Å². The maximum absolute atomic E-state index is 12.2. The van der Waals surface area contributed by atoms with Gasteiger partial charge in [0.15, 0.2) is 0 Å². The zero-order chi connectivity index (χ0) is 13.0. The van der Waals surface area contributed by atoms with Crippen molar-refractivity contribution in [3.8, 4) is 0 Å². The molecule has 0 aromatic rings. The van der Waals surface area contributed by atoms with Gasteiger partial charge in [0, 0.05) is 19.1 Å². The Bertz CT molecular complexity index is 271. The van der Waals surface area contributed by atoms with Gasteiger partial charge in [0.25, 0.3) is 0 Å². The van der Waals surface area contributed by atoms with Crippen LogP contribution >= 0.6 is 0 Å². The van der Waals surface area contributed by atoms with Crippen LogP contribution in [-0.2, 0) is 9.53 Å². The van der Waals surface area contributed by atoms with Gasteiger partial charge < -0.3 is 19.9 Å². The molecule has 2 rings (SSSR count). The first-order valence-electron chi connectivity index (χ1n) is 6.98. The first-order chi connectivity index (χ1) is 8.66. The van der Waals surface area contributed by atoms with Crippen LogP contribution in [-0.4, -0.2) is 74.2 Å². The molecule has 104 valence electrons. The van der Waals surface area contributed by atoms with Gasteiger partial charge in [0.1, 0.15) is 0 Å². The lowest BCUT2D eigenvalue weighted by atomic mass is 10.0. The number of nitrogens with one attached hydrogen (secondary N) is 1. The van der Waals surface area contributed by atoms with Crippen LogP contribution in [0.25, 0.3) is 0 Å². The molecular weight excluding hydrogens is 230 g/mol. The number of hydrogen-bond acceptors (Lipinski definition) is 4. The fourth-order valence-electron chi connectivity index (χ4n) is 2.66. The van der Waals surface area contributed by atoms with Gasteiger partial charge in [-0.25, -0.2) is 0 Å². The number of piperidine rings is 1. The summed E-state index contributed by atoms with van der Waals surface area (Å²) in [7, 11) is 2.15. The van der Waals surface area contributed by atoms with E-state index in [4.69, 9.17) is 4.74 Å². The van der Waals surface area contributed by atoms with E-state index < -0.39 is 0 Å². The van der Waals surface area contributed by atoms with Crippen LogP contribution in [0.2, 0.25) is 0 Å². The second kappa shape index (κ2) is 6.50. The molecule has 1 amide bonds. The largest absolute Gasteiger partial charge is 0.378 e. The van der Waals surface area contributed by atoms with Crippen LogP contribution in [0, 0.1) is 0 Å². The summed E-state index contributed by atoms with van der Waals surface area (Å²) in [6, 6.07) is 0.415. The van der Waals surface area contributed by atoms with E-state index in [1.54, 1.807) is 0 Å². The molecule has 0 aromatic carbocycles. The van der Waals surface area contributed by atoms with Gasteiger partial charge in [0.05, 0.1) is 19.3 Å². The van der Waals surface area contributed by atoms with E-state index in [9.17, 15) is 4.79 Å². The van der Waals surface area contributed by atoms with Gasteiger partial charge in [-0.15, -0.1) is 0 Å². The van der Waals surface area contributed by atoms with Crippen molar-refractivity contribution >= 4 is 5.91 Å². The molecule has 5 nitrogen and oxygen atoms in total. The van der Waals surface area contributed by atoms with Crippen LogP contribution in [0.3, 0.4) is 0 Å². The SMILES string of the molecule is CC(NC1CCN(C)CC1)C(=O)N1CCOCC1. The van der Waals surface area contributed by atoms with Crippen molar-refractivity contribution in [3.05, 3.63) is 0 Å². The van der Waals surface area contributed by atoms with E-state index >= 15 is 0 Å². The number of nitrogens with zero attached hydrogens (tertiary/aromatic N) is 2. The lowest BCUT2D eigenvalue weighted by Crippen LogP contribution is -2.53. The predicted octanol–water partition coefficient (Wildman–Crippen LogP) is -0.0825. The summed E-state index contributed by atoms with van der Waals surface area (Å²) in [5, 5.41) is 3.48. The Morgan fingerprint density at radius 1 is 1.22 bits per heavy atom. The molecule has 2 fully saturated rings. The van der Waals surface area contributed by atoms with Gasteiger partial charge in [-0.05, 0) is 39.9 Å². The highest BCUT2D eigenvalue weighted by Gasteiger charge is 2.25. The molecule has 2 heterocycles. The lowest BCUT2D eigenvalue weighted by Gasteiger charge is -2.34. The minimum atomic E-state index is -0.0727. The van der Waals surface area contributed by atoms with Gasteiger partial charge >= 0.3 is 0 Å². The maximum Gasteiger partial charge on any atom is 0.239 e. The number of likely N-dealkylation sites (tertiary alicyclic amines) is 1. The minimum Gasteiger partial charge on any atom is -0.378 e. The molecule has 1 atom stereocenters. The summed E-state index contributed by atoms with van der Waals surface area (Å²) >= 11 is 0. The van der Waals surface area contributed by atoms with E-state index in [0.717, 1.165) is 39.0 Å². The van der Waals surface area contributed by atoms with E-state index in [2.05, 4.69) is 17.3 Å². The molecule has 2 aliphatic rings. The first kappa shape index (κ1) is 13.8. The number of morpholine rings is 1. The van der Waals surface area contributed by atoms with Crippen molar-refractivity contribution in [2.75, 3.05) is 46.4 Å². The molecule has 0 aromatic heterocycles. The number of ether oxygens (including phenoxy) is 1. The number of carbonyl (C=O) groups is 1. The van der Waals surface area contributed by atoms with Crippen LogP contribution in [0.15, 0.2) is 0 Å². The molecule has 0 bridgehead atoms. The standard InChI is InChI=1S/C13H25N3O2/c1-11(13(17)16-7-9-18-10-8-16)14-12-3-5-15(2)6-4-12/h11-12,14H,3-10H2,1-2H3. The third kappa shape index (κ3) is 3.67. The van der Waals surface area contributed by atoms with Crippen LogP contribution < -0.4 is 5.32 Å². The van der Waals surface area contributed by atoms with Crippen molar-refractivity contribution in [3.63, 3.8) is 0 Å². The highest BCUT2D eigenvalue weighted by Crippen LogP contribution is 2.10. The van der Waals surface area contributed by atoms with E-state index in [1.807, 2.05) is 11.8 Å². The third-order valence-corrected chi connectivity index (χ3v) is 3.90. The van der Waals surface area contributed by atoms with E-state index in [0.29, 0.717) is 19.3 Å². The smallest absolute Gasteiger partial charge is 0.239 e. The molecule has 18 heavy (non-hydrogen) atoms. The van der Waals surface area contributed by atoms with Gasteiger partial charge in [-0.2, -0.15) is 0 Å². The van der Waals surface area contributed by atoms with Gasteiger partial charge in [-0.3, -0.25) is 4.79 Å². The van der Waals surface area contributed by atoms with Crippen molar-refractivity contribution in [2.24, 2.45) is 0 Å². The lowest BCUT2D eigenvalue weighted by molar-refractivity contribution is -0.137. The quantitative estimate of drug-likeness (QED) is 0.766. The Hall–Kier alpha value is -0.650. The van der Waals surface area contributed by atoms with Crippen molar-refractivity contribution in [2.45, 2.75) is 31.8 Å². The van der Waals surface area contributed by atoms with Crippen molar-refractivity contribution in [1.82, 2.24) is 15.1 Å². The van der Waals surface area contributed by atoms with Crippen LogP contribution in [0.5, 0.6) is 0 Å². The molecule has 1 N–H and O–H groups in total. The summed E-state index contributed by atoms with van der Waals surface area (Å²) in [6.07, 6.45) is 2.27. The van der Waals surface area contributed by atoms with Gasteiger partial charge in [-0.1, -0.05) is 0 Å². The molecule has 2 saturated heterocycles. The van der Waals surface area contributed by atoms with Crippen molar-refractivity contribution in [1.29, 1.82) is 0 Å². The molecular formula is C13H25N3O2. The fraction of sp³-hybridized carbons (Fsp3) is 0.923. The molecule has 2 aliphatic heterocycles. The molecule has 0 spiro atoms. The summed E-state index contributed by atoms with van der Waals surface area (Å²) in [5.74, 6) is 0.220. The third-order valence-electron chi connectivity index (χ3n) is 3.90. The molecule has 5 heteroatoms. The topological polar surface area (TPSA) is 44.8 Å². The van der Waals surface area contributed by atoms with Crippen LogP contribution in [0.1, 0.15) is 19.8 Å². The molecule has 0 saturated carbocycles. The Kier molecular flexibility index (Phi) is 4.97. The Balaban J connectivity index is 1.76. The number of hydrogen-bond donors (Lipinski definition) is 1. The predicted molar refractivity (Wildman–Crippen MR) is 70.5 cm³/mol. The molecule has 1 unspecified atom stereocenters. The van der Waals surface area contributed by atoms with Gasteiger partial charge in [0.2, 0.25) is 5.91 Å². The number of rotatable bonds is 3. The highest BCUT2D eigenvalue weighted by molar-refractivity contribution is 5.81. The normalized spacial score (nSPS) is 25.1. The van der Waals surface area contributed by atoms with E-state index in [-0.39, 0.29) is 11.9 Å². The second-order valence-corrected chi connectivity index (χ2v) is 5.40. The molecule has 0 radical (unpaired) electrons. The van der Waals surface area contributed by atoms with Crippen LogP contribution in [0.4, 0.5) is 0 Å². The van der Waals surface area contributed by atoms with Crippen molar-refractivity contribution < 1.29 is 9.53 Å². The summed E-state index contributed by atoms with van der Waals surface area (Å²) in [6.45, 7) is 7.04. The first-order valence-corrected chi connectivity index (χ1v) is 6.98. The Morgan fingerprint density at radius 3 is 2.44 bits per heavy atom. The highest BCUT2D eigenvalue weighted by atomic mass is 16.5. The summed E-state index contributed by atoms with van der Waals surface area (Å²) in [5.41, 5.74) is 0. The Morgan fingerprint density at radius 2 is 1.83 bits per heavy atom.